The Balaban J connectivity index is 1.97. The first kappa shape index (κ1) is 11.3. The third-order valence-electron chi connectivity index (χ3n) is 2.25. The van der Waals surface area contributed by atoms with E-state index in [9.17, 15) is 4.79 Å². The summed E-state index contributed by atoms with van der Waals surface area (Å²) in [4.78, 5) is 14.4. The van der Waals surface area contributed by atoms with Crippen molar-refractivity contribution in [2.75, 3.05) is 0 Å². The van der Waals surface area contributed by atoms with Gasteiger partial charge in [0.05, 0.1) is 18.7 Å². The molecule has 2 rings (SSSR count). The molecule has 0 atom stereocenters. The monoisotopic (exact) mass is 232 g/mol. The van der Waals surface area contributed by atoms with Crippen LogP contribution in [0.25, 0.3) is 0 Å². The first-order chi connectivity index (χ1) is 8.24. The lowest BCUT2D eigenvalue weighted by Gasteiger charge is -1.98. The lowest BCUT2D eigenvalue weighted by Crippen LogP contribution is -2.00. The number of hydrogen-bond acceptors (Lipinski definition) is 4. The number of rotatable bonds is 5. The van der Waals surface area contributed by atoms with E-state index in [1.165, 1.54) is 0 Å². The average Bonchev–Trinajstić information content (AvgIpc) is 2.75. The number of carboxylic acid groups (broad SMARTS) is 1. The van der Waals surface area contributed by atoms with Crippen LogP contribution in [-0.4, -0.2) is 31.1 Å². The van der Waals surface area contributed by atoms with Gasteiger partial charge >= 0.3 is 5.97 Å². The van der Waals surface area contributed by atoms with E-state index in [2.05, 4.69) is 15.3 Å². The first-order valence-corrected chi connectivity index (χ1v) is 5.24. The van der Waals surface area contributed by atoms with E-state index >= 15 is 0 Å². The molecule has 88 valence electrons. The quantitative estimate of drug-likeness (QED) is 0.822. The second-order valence-electron chi connectivity index (χ2n) is 3.66. The van der Waals surface area contributed by atoms with Gasteiger partial charge in [0, 0.05) is 25.0 Å². The van der Waals surface area contributed by atoms with Gasteiger partial charge in [-0.1, -0.05) is 11.3 Å². The minimum atomic E-state index is -0.827. The van der Waals surface area contributed by atoms with E-state index in [-0.39, 0.29) is 6.42 Å². The van der Waals surface area contributed by atoms with Crippen LogP contribution in [0.2, 0.25) is 0 Å². The normalized spacial score (nSPS) is 10.4. The molecule has 0 radical (unpaired) electrons. The predicted octanol–water partition coefficient (Wildman–Crippen LogP) is 0.739. The minimum absolute atomic E-state index is 0.0750. The molecule has 0 unspecified atom stereocenters. The van der Waals surface area contributed by atoms with Crippen LogP contribution < -0.4 is 0 Å². The number of aromatic nitrogens is 4. The molecule has 17 heavy (non-hydrogen) atoms. The minimum Gasteiger partial charge on any atom is -0.481 e. The van der Waals surface area contributed by atoms with E-state index in [4.69, 9.17) is 5.11 Å². The molecular formula is C11H12N4O2. The van der Waals surface area contributed by atoms with Crippen LogP contribution in [0.3, 0.4) is 0 Å². The van der Waals surface area contributed by atoms with Gasteiger partial charge < -0.3 is 5.11 Å². The van der Waals surface area contributed by atoms with Crippen LogP contribution in [0.15, 0.2) is 30.7 Å². The standard InChI is InChI=1S/C11H12N4O2/c16-11(17)4-3-10-8-15(14-13-10)7-9-2-1-5-12-6-9/h1-2,5-6,8H,3-4,7H2,(H,16,17). The van der Waals surface area contributed by atoms with Gasteiger partial charge in [0.2, 0.25) is 0 Å². The van der Waals surface area contributed by atoms with Gasteiger partial charge in [-0.2, -0.15) is 0 Å². The Morgan fingerprint density at radius 3 is 3.06 bits per heavy atom. The lowest BCUT2D eigenvalue weighted by molar-refractivity contribution is -0.136. The molecule has 2 heterocycles. The van der Waals surface area contributed by atoms with Crippen LogP contribution in [0, 0.1) is 0 Å². The van der Waals surface area contributed by atoms with Crippen molar-refractivity contribution in [3.63, 3.8) is 0 Å². The van der Waals surface area contributed by atoms with E-state index in [1.54, 1.807) is 23.3 Å². The summed E-state index contributed by atoms with van der Waals surface area (Å²) in [6.45, 7) is 0.591. The Kier molecular flexibility index (Phi) is 3.44. The average molecular weight is 232 g/mol. The Bertz CT molecular complexity index is 495. The largest absolute Gasteiger partial charge is 0.481 e. The van der Waals surface area contributed by atoms with Crippen LogP contribution in [0.5, 0.6) is 0 Å². The number of aryl methyl sites for hydroxylation is 1. The van der Waals surface area contributed by atoms with Gasteiger partial charge in [-0.3, -0.25) is 9.78 Å². The number of aliphatic carboxylic acids is 1. The number of carboxylic acids is 1. The Morgan fingerprint density at radius 2 is 2.35 bits per heavy atom. The molecule has 0 aromatic carbocycles. The molecule has 0 saturated carbocycles. The van der Waals surface area contributed by atoms with E-state index in [0.717, 1.165) is 5.56 Å². The molecule has 0 spiro atoms. The molecule has 0 aliphatic rings. The summed E-state index contributed by atoms with van der Waals surface area (Å²) in [5, 5.41) is 16.4. The topological polar surface area (TPSA) is 80.9 Å². The van der Waals surface area contributed by atoms with Crippen molar-refractivity contribution < 1.29 is 9.90 Å². The third kappa shape index (κ3) is 3.37. The molecule has 2 aromatic heterocycles. The zero-order valence-corrected chi connectivity index (χ0v) is 9.15. The van der Waals surface area contributed by atoms with Crippen molar-refractivity contribution in [1.82, 2.24) is 20.0 Å². The SMILES string of the molecule is O=C(O)CCc1cn(Cc2cccnc2)nn1. The van der Waals surface area contributed by atoms with E-state index in [1.807, 2.05) is 12.1 Å². The van der Waals surface area contributed by atoms with Crippen LogP contribution in [-0.2, 0) is 17.8 Å². The zero-order valence-electron chi connectivity index (χ0n) is 9.15. The van der Waals surface area contributed by atoms with E-state index in [0.29, 0.717) is 18.7 Å². The molecule has 6 nitrogen and oxygen atoms in total. The van der Waals surface area contributed by atoms with Crippen LogP contribution in [0.1, 0.15) is 17.7 Å². The predicted molar refractivity (Wildman–Crippen MR) is 59.3 cm³/mol. The second kappa shape index (κ2) is 5.20. The molecule has 0 saturated heterocycles. The fourth-order valence-electron chi connectivity index (χ4n) is 1.44. The van der Waals surface area contributed by atoms with Crippen molar-refractivity contribution in [2.24, 2.45) is 0 Å². The van der Waals surface area contributed by atoms with Gasteiger partial charge in [-0.15, -0.1) is 5.10 Å². The Labute approximate surface area is 97.9 Å². The van der Waals surface area contributed by atoms with Crippen molar-refractivity contribution in [3.05, 3.63) is 42.0 Å². The Morgan fingerprint density at radius 1 is 1.47 bits per heavy atom. The van der Waals surface area contributed by atoms with Crippen LogP contribution in [0.4, 0.5) is 0 Å². The highest BCUT2D eigenvalue weighted by Crippen LogP contribution is 2.02. The molecule has 0 aliphatic heterocycles. The summed E-state index contributed by atoms with van der Waals surface area (Å²) in [5.41, 5.74) is 1.72. The number of pyridine rings is 1. The smallest absolute Gasteiger partial charge is 0.303 e. The zero-order chi connectivity index (χ0) is 12.1. The van der Waals surface area contributed by atoms with Crippen LogP contribution >= 0.6 is 0 Å². The summed E-state index contributed by atoms with van der Waals surface area (Å²) in [5.74, 6) is -0.827. The molecule has 1 N–H and O–H groups in total. The fourth-order valence-corrected chi connectivity index (χ4v) is 1.44. The maximum atomic E-state index is 10.4. The first-order valence-electron chi connectivity index (χ1n) is 5.24. The Hall–Kier alpha value is -2.24. The lowest BCUT2D eigenvalue weighted by atomic mass is 10.2. The molecule has 0 fully saturated rings. The van der Waals surface area contributed by atoms with Crippen molar-refractivity contribution >= 4 is 5.97 Å². The highest BCUT2D eigenvalue weighted by atomic mass is 16.4. The summed E-state index contributed by atoms with van der Waals surface area (Å²) < 4.78 is 1.67. The van der Waals surface area contributed by atoms with Crippen molar-refractivity contribution in [1.29, 1.82) is 0 Å². The van der Waals surface area contributed by atoms with Gasteiger partial charge in [0.1, 0.15) is 0 Å². The molecular weight excluding hydrogens is 220 g/mol. The second-order valence-corrected chi connectivity index (χ2v) is 3.66. The molecule has 6 heteroatoms. The maximum Gasteiger partial charge on any atom is 0.303 e. The molecule has 2 aromatic rings. The van der Waals surface area contributed by atoms with Crippen molar-refractivity contribution in [2.45, 2.75) is 19.4 Å². The third-order valence-corrected chi connectivity index (χ3v) is 2.25. The van der Waals surface area contributed by atoms with E-state index < -0.39 is 5.97 Å². The maximum absolute atomic E-state index is 10.4. The highest BCUT2D eigenvalue weighted by Gasteiger charge is 2.04. The number of hydrogen-bond donors (Lipinski definition) is 1. The molecule has 0 aliphatic carbocycles. The molecule has 0 bridgehead atoms. The summed E-state index contributed by atoms with van der Waals surface area (Å²) >= 11 is 0. The van der Waals surface area contributed by atoms with Gasteiger partial charge in [-0.05, 0) is 11.6 Å². The van der Waals surface area contributed by atoms with Crippen molar-refractivity contribution in [3.8, 4) is 0 Å². The highest BCUT2D eigenvalue weighted by molar-refractivity contribution is 5.66. The summed E-state index contributed by atoms with van der Waals surface area (Å²) in [6, 6.07) is 3.81. The van der Waals surface area contributed by atoms with Gasteiger partial charge in [0.15, 0.2) is 0 Å². The summed E-state index contributed by atoms with van der Waals surface area (Å²) in [7, 11) is 0. The molecule has 0 amide bonds. The number of carbonyl (C=O) groups is 1. The summed E-state index contributed by atoms with van der Waals surface area (Å²) in [6.07, 6.45) is 5.71. The van der Waals surface area contributed by atoms with Gasteiger partial charge in [0.25, 0.3) is 0 Å². The number of nitrogens with zero attached hydrogens (tertiary/aromatic N) is 4. The van der Waals surface area contributed by atoms with Gasteiger partial charge in [-0.25, -0.2) is 4.68 Å². The fraction of sp³-hybridized carbons (Fsp3) is 0.273.